The number of carbonyl (C=O) groups excluding carboxylic acids is 1. The fourth-order valence-corrected chi connectivity index (χ4v) is 3.23. The smallest absolute Gasteiger partial charge is 0.263 e. The van der Waals surface area contributed by atoms with Crippen LogP contribution in [0.15, 0.2) is 53.4 Å². The molecule has 0 atom stereocenters. The summed E-state index contributed by atoms with van der Waals surface area (Å²) in [5.74, 6) is -0.0252. The highest BCUT2D eigenvalue weighted by molar-refractivity contribution is 7.92. The number of benzene rings is 2. The lowest BCUT2D eigenvalue weighted by atomic mass is 9.95. The average molecular weight is 382 g/mol. The molecule has 0 saturated carbocycles. The molecule has 0 spiro atoms. The largest absolute Gasteiger partial charge is 0.398 e. The van der Waals surface area contributed by atoms with Gasteiger partial charge in [0.05, 0.1) is 11.1 Å². The van der Waals surface area contributed by atoms with E-state index < -0.39 is 15.4 Å². The topological polar surface area (TPSA) is 101 Å². The molecule has 2 aromatic carbocycles. The second-order valence-corrected chi connectivity index (χ2v) is 8.11. The number of amides is 1. The lowest BCUT2D eigenvalue weighted by Crippen LogP contribution is -2.32. The second kappa shape index (κ2) is 7.33. The highest BCUT2D eigenvalue weighted by atomic mass is 35.5. The first-order valence-corrected chi connectivity index (χ1v) is 9.52. The van der Waals surface area contributed by atoms with Crippen molar-refractivity contribution in [2.24, 2.45) is 5.41 Å². The van der Waals surface area contributed by atoms with Gasteiger partial charge < -0.3 is 11.1 Å². The molecule has 0 heterocycles. The van der Waals surface area contributed by atoms with E-state index in [4.69, 9.17) is 17.3 Å². The van der Waals surface area contributed by atoms with Crippen molar-refractivity contribution >= 4 is 44.6 Å². The van der Waals surface area contributed by atoms with Crippen LogP contribution in [0.1, 0.15) is 13.8 Å². The molecule has 2 aromatic rings. The fourth-order valence-electron chi connectivity index (χ4n) is 1.92. The number of nitrogen functional groups attached to an aromatic ring is 1. The fraction of sp³-hybridized carbons (Fsp3) is 0.235. The summed E-state index contributed by atoms with van der Waals surface area (Å²) in [4.78, 5) is 12.1. The Morgan fingerprint density at radius 3 is 2.20 bits per heavy atom. The van der Waals surface area contributed by atoms with Crippen molar-refractivity contribution < 1.29 is 13.2 Å². The molecular formula is C17H20ClN3O3S. The zero-order valence-electron chi connectivity index (χ0n) is 13.9. The Balaban J connectivity index is 2.13. The molecule has 0 aliphatic carbocycles. The van der Waals surface area contributed by atoms with Gasteiger partial charge in [-0.05, 0) is 50.2 Å². The van der Waals surface area contributed by atoms with Gasteiger partial charge in [0, 0.05) is 17.3 Å². The minimum atomic E-state index is -3.79. The minimum absolute atomic E-state index is 0.0104. The van der Waals surface area contributed by atoms with Crippen molar-refractivity contribution in [1.29, 1.82) is 0 Å². The van der Waals surface area contributed by atoms with Gasteiger partial charge in [0.2, 0.25) is 5.91 Å². The van der Waals surface area contributed by atoms with Gasteiger partial charge in [-0.15, -0.1) is 11.6 Å². The predicted octanol–water partition coefficient (Wildman–Crippen LogP) is 3.27. The molecule has 0 unspecified atom stereocenters. The monoisotopic (exact) mass is 381 g/mol. The molecule has 0 bridgehead atoms. The van der Waals surface area contributed by atoms with Crippen LogP contribution in [0.25, 0.3) is 0 Å². The Morgan fingerprint density at radius 1 is 1.08 bits per heavy atom. The van der Waals surface area contributed by atoms with E-state index in [1.54, 1.807) is 50.2 Å². The average Bonchev–Trinajstić information content (AvgIpc) is 2.56. The van der Waals surface area contributed by atoms with Gasteiger partial charge in [-0.1, -0.05) is 12.1 Å². The predicted molar refractivity (Wildman–Crippen MR) is 101 cm³/mol. The normalized spacial score (nSPS) is 11.8. The number of halogens is 1. The Labute approximate surface area is 152 Å². The zero-order chi connectivity index (χ0) is 18.7. The van der Waals surface area contributed by atoms with Crippen LogP contribution in [0, 0.1) is 5.41 Å². The number of para-hydroxylation sites is 1. The van der Waals surface area contributed by atoms with Crippen LogP contribution in [-0.2, 0) is 14.8 Å². The molecular weight excluding hydrogens is 362 g/mol. The maximum absolute atomic E-state index is 12.4. The number of carbonyl (C=O) groups is 1. The highest BCUT2D eigenvalue weighted by Gasteiger charge is 2.26. The van der Waals surface area contributed by atoms with Crippen molar-refractivity contribution in [1.82, 2.24) is 0 Å². The summed E-state index contributed by atoms with van der Waals surface area (Å²) in [5, 5.41) is 2.74. The van der Waals surface area contributed by atoms with Crippen molar-refractivity contribution in [3.05, 3.63) is 48.5 Å². The van der Waals surface area contributed by atoms with Crippen molar-refractivity contribution in [2.75, 3.05) is 21.7 Å². The van der Waals surface area contributed by atoms with Crippen LogP contribution >= 0.6 is 11.6 Å². The van der Waals surface area contributed by atoms with E-state index in [0.717, 1.165) is 0 Å². The SMILES string of the molecule is CC(C)(CCl)C(=O)Nc1ccc(NS(=O)(=O)c2ccccc2N)cc1. The molecule has 0 aromatic heterocycles. The van der Waals surface area contributed by atoms with Crippen LogP contribution in [0.4, 0.5) is 17.1 Å². The number of hydrogen-bond donors (Lipinski definition) is 3. The zero-order valence-corrected chi connectivity index (χ0v) is 15.5. The third-order valence-corrected chi connectivity index (χ3v) is 5.68. The van der Waals surface area contributed by atoms with Crippen LogP contribution in [0.2, 0.25) is 0 Å². The first-order chi connectivity index (χ1) is 11.7. The molecule has 6 nitrogen and oxygen atoms in total. The van der Waals surface area contributed by atoms with Crippen LogP contribution in [0.5, 0.6) is 0 Å². The number of nitrogens with one attached hydrogen (secondary N) is 2. The third-order valence-electron chi connectivity index (χ3n) is 3.55. The van der Waals surface area contributed by atoms with E-state index in [1.165, 1.54) is 12.1 Å². The maximum atomic E-state index is 12.4. The van der Waals surface area contributed by atoms with Crippen LogP contribution < -0.4 is 15.8 Å². The third kappa shape index (κ3) is 4.64. The highest BCUT2D eigenvalue weighted by Crippen LogP contribution is 2.24. The van der Waals surface area contributed by atoms with Crippen molar-refractivity contribution in [2.45, 2.75) is 18.7 Å². The molecule has 4 N–H and O–H groups in total. The van der Waals surface area contributed by atoms with E-state index in [9.17, 15) is 13.2 Å². The standard InChI is InChI=1S/C17H20ClN3O3S/c1-17(2,11-18)16(22)20-12-7-9-13(10-8-12)21-25(23,24)15-6-4-3-5-14(15)19/h3-10,21H,11,19H2,1-2H3,(H,20,22). The summed E-state index contributed by atoms with van der Waals surface area (Å²) in [6.07, 6.45) is 0. The number of alkyl halides is 1. The van der Waals surface area contributed by atoms with E-state index in [1.807, 2.05) is 0 Å². The molecule has 0 radical (unpaired) electrons. The van der Waals surface area contributed by atoms with Gasteiger partial charge in [-0.25, -0.2) is 8.42 Å². The Kier molecular flexibility index (Phi) is 5.59. The van der Waals surface area contributed by atoms with Gasteiger partial charge in [0.1, 0.15) is 4.90 Å². The molecule has 0 fully saturated rings. The van der Waals surface area contributed by atoms with E-state index >= 15 is 0 Å². The Hall–Kier alpha value is -2.25. The molecule has 0 aliphatic heterocycles. The number of nitrogens with two attached hydrogens (primary N) is 1. The van der Waals surface area contributed by atoms with Crippen LogP contribution in [-0.4, -0.2) is 20.2 Å². The summed E-state index contributed by atoms with van der Waals surface area (Å²) in [6.45, 7) is 3.48. The first kappa shape index (κ1) is 19.1. The van der Waals surface area contributed by atoms with Gasteiger partial charge in [-0.3, -0.25) is 9.52 Å². The number of rotatable bonds is 6. The minimum Gasteiger partial charge on any atom is -0.398 e. The first-order valence-electron chi connectivity index (χ1n) is 7.50. The quantitative estimate of drug-likeness (QED) is 0.528. The van der Waals surface area contributed by atoms with Crippen LogP contribution in [0.3, 0.4) is 0 Å². The van der Waals surface area contributed by atoms with Gasteiger partial charge in [0.15, 0.2) is 0 Å². The molecule has 1 amide bonds. The summed E-state index contributed by atoms with van der Waals surface area (Å²) >= 11 is 5.78. The molecule has 25 heavy (non-hydrogen) atoms. The lowest BCUT2D eigenvalue weighted by molar-refractivity contribution is -0.122. The number of anilines is 3. The lowest BCUT2D eigenvalue weighted by Gasteiger charge is -2.20. The maximum Gasteiger partial charge on any atom is 0.263 e. The summed E-state index contributed by atoms with van der Waals surface area (Å²) in [7, 11) is -3.79. The van der Waals surface area contributed by atoms with Gasteiger partial charge >= 0.3 is 0 Å². The van der Waals surface area contributed by atoms with E-state index in [0.29, 0.717) is 11.4 Å². The number of sulfonamides is 1. The van der Waals surface area contributed by atoms with Gasteiger partial charge in [-0.2, -0.15) is 0 Å². The summed E-state index contributed by atoms with van der Waals surface area (Å²) in [5.41, 5.74) is 6.09. The molecule has 8 heteroatoms. The molecule has 0 aliphatic rings. The molecule has 2 rings (SSSR count). The molecule has 0 saturated heterocycles. The van der Waals surface area contributed by atoms with E-state index in [2.05, 4.69) is 10.0 Å². The summed E-state index contributed by atoms with van der Waals surface area (Å²) in [6, 6.07) is 12.5. The number of hydrogen-bond acceptors (Lipinski definition) is 4. The molecule has 134 valence electrons. The van der Waals surface area contributed by atoms with Crippen molar-refractivity contribution in [3.63, 3.8) is 0 Å². The van der Waals surface area contributed by atoms with Crippen molar-refractivity contribution in [3.8, 4) is 0 Å². The second-order valence-electron chi connectivity index (χ2n) is 6.19. The van der Waals surface area contributed by atoms with Gasteiger partial charge in [0.25, 0.3) is 10.0 Å². The Bertz CT molecular complexity index is 865. The Morgan fingerprint density at radius 2 is 1.64 bits per heavy atom. The van der Waals surface area contributed by atoms with E-state index in [-0.39, 0.29) is 22.4 Å². The summed E-state index contributed by atoms with van der Waals surface area (Å²) < 4.78 is 27.2.